The van der Waals surface area contributed by atoms with E-state index in [9.17, 15) is 0 Å². The molecule has 23 heavy (non-hydrogen) atoms. The minimum atomic E-state index is 0.133. The van der Waals surface area contributed by atoms with E-state index in [0.29, 0.717) is 0 Å². The number of fused-ring (bicyclic) bond motifs is 3. The summed E-state index contributed by atoms with van der Waals surface area (Å²) < 4.78 is 10.6. The predicted molar refractivity (Wildman–Crippen MR) is 105 cm³/mol. The van der Waals surface area contributed by atoms with Crippen molar-refractivity contribution in [3.8, 4) is 0 Å². The highest BCUT2D eigenvalue weighted by Gasteiger charge is 2.11. The van der Waals surface area contributed by atoms with Crippen molar-refractivity contribution in [2.24, 2.45) is 4.40 Å². The average Bonchev–Trinajstić information content (AvgIpc) is 2.91. The summed E-state index contributed by atoms with van der Waals surface area (Å²) in [6.07, 6.45) is 0. The van der Waals surface area contributed by atoms with E-state index in [-0.39, 0.29) is 4.75 Å². The normalized spacial score (nSPS) is 12.3. The maximum atomic E-state index is 5.86. The molecule has 0 fully saturated rings. The summed E-state index contributed by atoms with van der Waals surface area (Å²) in [5.74, 6) is 0. The van der Waals surface area contributed by atoms with Crippen LogP contribution in [-0.2, 0) is 0 Å². The Kier molecular flexibility index (Phi) is 5.53. The Morgan fingerprint density at radius 3 is 2.30 bits per heavy atom. The molecular weight excluding hydrogens is 302 g/mol. The summed E-state index contributed by atoms with van der Waals surface area (Å²) in [6, 6.07) is 14.4. The Morgan fingerprint density at radius 1 is 0.957 bits per heavy atom. The monoisotopic (exact) mass is 327 g/mol. The van der Waals surface area contributed by atoms with Gasteiger partial charge in [-0.15, -0.1) is 0 Å². The number of rotatable bonds is 2. The van der Waals surface area contributed by atoms with Crippen LogP contribution in [0.1, 0.15) is 47.1 Å². The van der Waals surface area contributed by atoms with Crippen molar-refractivity contribution in [3.05, 3.63) is 48.0 Å². The van der Waals surface area contributed by atoms with Crippen molar-refractivity contribution in [2.45, 2.75) is 46.3 Å². The summed E-state index contributed by atoms with van der Waals surface area (Å²) in [4.78, 5) is 0. The Balaban J connectivity index is 0.000000924. The van der Waals surface area contributed by atoms with Gasteiger partial charge in [0, 0.05) is 15.5 Å². The van der Waals surface area contributed by atoms with Crippen LogP contribution in [0.5, 0.6) is 0 Å². The van der Waals surface area contributed by atoms with Crippen molar-refractivity contribution in [1.82, 2.24) is 0 Å². The lowest BCUT2D eigenvalue weighted by atomic mass is 10.1. The number of benzene rings is 2. The van der Waals surface area contributed by atoms with E-state index in [0.717, 1.165) is 33.2 Å². The maximum Gasteiger partial charge on any atom is 0.135 e. The molecule has 1 aromatic heterocycles. The molecule has 0 radical (unpaired) electrons. The van der Waals surface area contributed by atoms with Crippen LogP contribution in [0.2, 0.25) is 0 Å². The molecule has 3 rings (SSSR count). The van der Waals surface area contributed by atoms with Gasteiger partial charge in [-0.3, -0.25) is 0 Å². The lowest BCUT2D eigenvalue weighted by Gasteiger charge is -2.13. The molecular formula is C20H25NOS. The Morgan fingerprint density at radius 2 is 1.61 bits per heavy atom. The van der Waals surface area contributed by atoms with Gasteiger partial charge in [0.05, 0.1) is 5.71 Å². The molecule has 2 aromatic carbocycles. The van der Waals surface area contributed by atoms with Crippen molar-refractivity contribution in [1.29, 1.82) is 0 Å². The fourth-order valence-electron chi connectivity index (χ4n) is 2.21. The van der Waals surface area contributed by atoms with Crippen molar-refractivity contribution < 1.29 is 4.42 Å². The van der Waals surface area contributed by atoms with E-state index in [4.69, 9.17) is 4.42 Å². The zero-order valence-electron chi connectivity index (χ0n) is 14.8. The van der Waals surface area contributed by atoms with Crippen LogP contribution in [0, 0.1) is 0 Å². The molecule has 0 bridgehead atoms. The molecule has 0 amide bonds. The highest BCUT2D eigenvalue weighted by Crippen LogP contribution is 2.30. The third-order valence-electron chi connectivity index (χ3n) is 3.25. The second-order valence-corrected chi connectivity index (χ2v) is 7.78. The topological polar surface area (TPSA) is 25.5 Å². The minimum absolute atomic E-state index is 0.133. The minimum Gasteiger partial charge on any atom is -0.456 e. The summed E-state index contributed by atoms with van der Waals surface area (Å²) in [5.41, 5.74) is 4.05. The maximum absolute atomic E-state index is 5.86. The van der Waals surface area contributed by atoms with Crippen LogP contribution in [0.4, 0.5) is 0 Å². The highest BCUT2D eigenvalue weighted by atomic mass is 32.2. The number of hydrogen-bond acceptors (Lipinski definition) is 3. The summed E-state index contributed by atoms with van der Waals surface area (Å²) >= 11 is 1.61. The first-order chi connectivity index (χ1) is 10.9. The van der Waals surface area contributed by atoms with Gasteiger partial charge in [-0.2, -0.15) is 0 Å². The van der Waals surface area contributed by atoms with Gasteiger partial charge < -0.3 is 4.42 Å². The predicted octanol–water partition coefficient (Wildman–Crippen LogP) is 6.87. The van der Waals surface area contributed by atoms with Crippen molar-refractivity contribution in [2.75, 3.05) is 0 Å². The molecule has 0 aliphatic rings. The van der Waals surface area contributed by atoms with Crippen molar-refractivity contribution in [3.63, 3.8) is 0 Å². The van der Waals surface area contributed by atoms with Crippen LogP contribution >= 0.6 is 11.9 Å². The molecule has 0 aliphatic carbocycles. The molecule has 3 heteroatoms. The van der Waals surface area contributed by atoms with Crippen LogP contribution < -0.4 is 0 Å². The second kappa shape index (κ2) is 7.22. The van der Waals surface area contributed by atoms with E-state index in [1.54, 1.807) is 11.9 Å². The molecule has 122 valence electrons. The summed E-state index contributed by atoms with van der Waals surface area (Å²) in [6.45, 7) is 12.6. The summed E-state index contributed by atoms with van der Waals surface area (Å²) in [7, 11) is 0. The first kappa shape index (κ1) is 17.6. The Labute approximate surface area is 143 Å². The smallest absolute Gasteiger partial charge is 0.135 e. The molecule has 0 saturated heterocycles. The molecule has 3 aromatic rings. The van der Waals surface area contributed by atoms with Gasteiger partial charge in [0.2, 0.25) is 0 Å². The number of nitrogens with zero attached hydrogens (tertiary/aromatic N) is 1. The average molecular weight is 327 g/mol. The standard InChI is InChI=1S/C18H19NOS.C2H6/c1-12(19-21-18(2,3)4)13-9-10-17-15(11-13)14-7-5-6-8-16(14)20-17;1-2/h5-11H,1-4H3;1-2H3/b19-12+;. The first-order valence-corrected chi connectivity index (χ1v) is 8.86. The Bertz CT molecular complexity index is 824. The van der Waals surface area contributed by atoms with E-state index < -0.39 is 0 Å². The van der Waals surface area contributed by atoms with Gasteiger partial charge >= 0.3 is 0 Å². The van der Waals surface area contributed by atoms with Crippen molar-refractivity contribution >= 4 is 39.6 Å². The molecule has 0 aliphatic heterocycles. The van der Waals surface area contributed by atoms with Crippen LogP contribution in [0.25, 0.3) is 21.9 Å². The summed E-state index contributed by atoms with van der Waals surface area (Å²) in [5, 5.41) is 2.31. The van der Waals surface area contributed by atoms with E-state index in [1.165, 1.54) is 0 Å². The largest absolute Gasteiger partial charge is 0.456 e. The molecule has 0 spiro atoms. The van der Waals surface area contributed by atoms with Crippen LogP contribution in [0.15, 0.2) is 51.3 Å². The SMILES string of the molecule is C/C(=N\SC(C)(C)C)c1ccc2oc3ccccc3c2c1.CC. The molecule has 1 heterocycles. The zero-order chi connectivity index (χ0) is 17.0. The van der Waals surface area contributed by atoms with Gasteiger partial charge in [-0.1, -0.05) is 32.0 Å². The fourth-order valence-corrected chi connectivity index (χ4v) is 2.73. The number of para-hydroxylation sites is 1. The molecule has 2 nitrogen and oxygen atoms in total. The third kappa shape index (κ3) is 4.17. The highest BCUT2D eigenvalue weighted by molar-refractivity contribution is 7.99. The van der Waals surface area contributed by atoms with E-state index in [2.05, 4.69) is 50.3 Å². The molecule has 0 N–H and O–H groups in total. The lowest BCUT2D eigenvalue weighted by Crippen LogP contribution is -2.06. The third-order valence-corrected chi connectivity index (χ3v) is 4.16. The fraction of sp³-hybridized carbons (Fsp3) is 0.350. The molecule has 0 atom stereocenters. The van der Waals surface area contributed by atoms with Gasteiger partial charge in [0.15, 0.2) is 0 Å². The quantitative estimate of drug-likeness (QED) is 0.379. The molecule has 0 unspecified atom stereocenters. The molecule has 0 saturated carbocycles. The van der Waals surface area contributed by atoms with Gasteiger partial charge in [0.25, 0.3) is 0 Å². The van der Waals surface area contributed by atoms with E-state index >= 15 is 0 Å². The van der Waals surface area contributed by atoms with Gasteiger partial charge in [-0.25, -0.2) is 4.40 Å². The van der Waals surface area contributed by atoms with Crippen LogP contribution in [0.3, 0.4) is 0 Å². The second-order valence-electron chi connectivity index (χ2n) is 6.19. The lowest BCUT2D eigenvalue weighted by molar-refractivity contribution is 0.669. The number of furan rings is 1. The van der Waals surface area contributed by atoms with Crippen LogP contribution in [-0.4, -0.2) is 10.5 Å². The van der Waals surface area contributed by atoms with E-state index in [1.807, 2.05) is 38.1 Å². The number of hydrogen-bond donors (Lipinski definition) is 0. The first-order valence-electron chi connectivity index (χ1n) is 8.08. The zero-order valence-corrected chi connectivity index (χ0v) is 15.6. The Hall–Kier alpha value is -1.74. The van der Waals surface area contributed by atoms with Gasteiger partial charge in [0.1, 0.15) is 11.2 Å². The van der Waals surface area contributed by atoms with Gasteiger partial charge in [-0.05, 0) is 69.5 Å².